The first-order valence-electron chi connectivity index (χ1n) is 8.79. The Kier molecular flexibility index (Phi) is 5.80. The van der Waals surface area contributed by atoms with Crippen molar-refractivity contribution in [3.05, 3.63) is 80.7 Å². The van der Waals surface area contributed by atoms with E-state index in [-0.39, 0.29) is 18.0 Å². The highest BCUT2D eigenvalue weighted by atomic mass is 35.5. The molecule has 0 saturated carbocycles. The van der Waals surface area contributed by atoms with E-state index in [4.69, 9.17) is 11.6 Å². The van der Waals surface area contributed by atoms with Crippen molar-refractivity contribution in [1.82, 2.24) is 9.55 Å². The van der Waals surface area contributed by atoms with E-state index >= 15 is 0 Å². The highest BCUT2D eigenvalue weighted by Gasteiger charge is 2.12. The molecule has 6 nitrogen and oxygen atoms in total. The van der Waals surface area contributed by atoms with Crippen LogP contribution in [0.5, 0.6) is 0 Å². The van der Waals surface area contributed by atoms with Crippen LogP contribution in [0.3, 0.4) is 0 Å². The lowest BCUT2D eigenvalue weighted by atomic mass is 10.1. The second-order valence-corrected chi connectivity index (χ2v) is 7.14. The van der Waals surface area contributed by atoms with E-state index < -0.39 is 0 Å². The van der Waals surface area contributed by atoms with Crippen LogP contribution in [0.1, 0.15) is 16.8 Å². The number of benzene rings is 2. The number of amides is 1. The first-order chi connectivity index (χ1) is 13.3. The Morgan fingerprint density at radius 1 is 1.04 bits per heavy atom. The van der Waals surface area contributed by atoms with E-state index in [1.165, 1.54) is 10.6 Å². The molecule has 0 unspecified atom stereocenters. The molecule has 0 fully saturated rings. The van der Waals surface area contributed by atoms with Gasteiger partial charge in [-0.15, -0.1) is 0 Å². The first-order valence-corrected chi connectivity index (χ1v) is 9.17. The summed E-state index contributed by atoms with van der Waals surface area (Å²) in [5.41, 5.74) is 3.81. The summed E-state index contributed by atoms with van der Waals surface area (Å²) < 4.78 is 1.31. The molecule has 7 heteroatoms. The number of carbonyl (C=O) groups is 1. The van der Waals surface area contributed by atoms with Gasteiger partial charge in [-0.1, -0.05) is 23.7 Å². The zero-order chi connectivity index (χ0) is 20.3. The van der Waals surface area contributed by atoms with Crippen molar-refractivity contribution >= 4 is 34.8 Å². The molecule has 28 heavy (non-hydrogen) atoms. The number of aryl methyl sites for hydroxylation is 3. The lowest BCUT2D eigenvalue weighted by molar-refractivity contribution is -0.116. The van der Waals surface area contributed by atoms with E-state index in [0.717, 1.165) is 16.8 Å². The number of halogens is 1. The zero-order valence-electron chi connectivity index (χ0n) is 15.9. The first kappa shape index (κ1) is 19.6. The molecule has 2 N–H and O–H groups in total. The van der Waals surface area contributed by atoms with Crippen molar-refractivity contribution in [3.63, 3.8) is 0 Å². The number of nitrogens with one attached hydrogen (secondary N) is 2. The fraction of sp³-hybridized carbons (Fsp3) is 0.190. The number of anilines is 3. The van der Waals surface area contributed by atoms with Crippen molar-refractivity contribution < 1.29 is 4.79 Å². The Bertz CT molecular complexity index is 1070. The third kappa shape index (κ3) is 4.98. The molecule has 1 heterocycles. The van der Waals surface area contributed by atoms with Crippen LogP contribution in [0.2, 0.25) is 5.02 Å². The van der Waals surface area contributed by atoms with Gasteiger partial charge in [0.1, 0.15) is 6.54 Å². The predicted molar refractivity (Wildman–Crippen MR) is 113 cm³/mol. The number of nitrogens with zero attached hydrogens (tertiary/aromatic N) is 2. The van der Waals surface area contributed by atoms with Crippen molar-refractivity contribution in [2.24, 2.45) is 0 Å². The summed E-state index contributed by atoms with van der Waals surface area (Å²) in [6.07, 6.45) is 0. The van der Waals surface area contributed by atoms with Gasteiger partial charge in [-0.3, -0.25) is 14.2 Å². The fourth-order valence-electron chi connectivity index (χ4n) is 2.96. The highest BCUT2D eigenvalue weighted by Crippen LogP contribution is 2.18. The maximum absolute atomic E-state index is 12.5. The molecule has 2 aromatic carbocycles. The quantitative estimate of drug-likeness (QED) is 0.677. The monoisotopic (exact) mass is 396 g/mol. The Morgan fingerprint density at radius 3 is 2.43 bits per heavy atom. The van der Waals surface area contributed by atoms with Crippen LogP contribution in [0.25, 0.3) is 0 Å². The van der Waals surface area contributed by atoms with E-state index in [1.54, 1.807) is 31.2 Å². The number of carbonyl (C=O) groups excluding carboxylic acids is 1. The van der Waals surface area contributed by atoms with Crippen LogP contribution in [-0.4, -0.2) is 15.5 Å². The molecule has 0 saturated heterocycles. The standard InChI is InChI=1S/C21H21ClN4O2/c1-13-7-14(2)9-18(8-13)25-21-23-15(3)10-20(28)26(21)12-19(27)24-17-6-4-5-16(22)11-17/h4-11H,12H2,1-3H3,(H,23,25)(H,24,27). The summed E-state index contributed by atoms with van der Waals surface area (Å²) in [6.45, 7) is 5.55. The molecule has 3 rings (SSSR count). The van der Waals surface area contributed by atoms with Crippen molar-refractivity contribution in [2.45, 2.75) is 27.3 Å². The minimum atomic E-state index is -0.349. The van der Waals surface area contributed by atoms with E-state index in [2.05, 4.69) is 21.7 Å². The smallest absolute Gasteiger partial charge is 0.255 e. The predicted octanol–water partition coefficient (Wildman–Crippen LogP) is 4.20. The minimum Gasteiger partial charge on any atom is -0.325 e. The molecule has 1 amide bonds. The lowest BCUT2D eigenvalue weighted by Crippen LogP contribution is -2.30. The molecule has 3 aromatic rings. The van der Waals surface area contributed by atoms with Crippen LogP contribution < -0.4 is 16.2 Å². The Labute approximate surface area is 168 Å². The molecule has 0 atom stereocenters. The van der Waals surface area contributed by atoms with Gasteiger partial charge in [0.15, 0.2) is 0 Å². The van der Waals surface area contributed by atoms with Gasteiger partial charge in [-0.05, 0) is 62.2 Å². The van der Waals surface area contributed by atoms with Crippen molar-refractivity contribution in [1.29, 1.82) is 0 Å². The third-order valence-corrected chi connectivity index (χ3v) is 4.26. The molecule has 0 aliphatic rings. The summed E-state index contributed by atoms with van der Waals surface area (Å²) in [6, 6.07) is 14.2. The second-order valence-electron chi connectivity index (χ2n) is 6.71. The van der Waals surface area contributed by atoms with Gasteiger partial charge < -0.3 is 10.6 Å². The average Bonchev–Trinajstić information content (AvgIpc) is 2.57. The van der Waals surface area contributed by atoms with Crippen LogP contribution in [0, 0.1) is 20.8 Å². The van der Waals surface area contributed by atoms with Gasteiger partial charge in [0.25, 0.3) is 5.56 Å². The average molecular weight is 397 g/mol. The number of aromatic nitrogens is 2. The molecule has 0 aliphatic carbocycles. The van der Waals surface area contributed by atoms with E-state index in [9.17, 15) is 9.59 Å². The van der Waals surface area contributed by atoms with E-state index in [1.807, 2.05) is 26.0 Å². The largest absolute Gasteiger partial charge is 0.325 e. The van der Waals surface area contributed by atoms with E-state index in [0.29, 0.717) is 22.4 Å². The molecule has 0 aliphatic heterocycles. The zero-order valence-corrected chi connectivity index (χ0v) is 16.7. The molecule has 1 aromatic heterocycles. The normalized spacial score (nSPS) is 10.6. The molecule has 0 bridgehead atoms. The maximum Gasteiger partial charge on any atom is 0.255 e. The van der Waals surface area contributed by atoms with Gasteiger partial charge in [0.2, 0.25) is 11.9 Å². The Balaban J connectivity index is 1.88. The van der Waals surface area contributed by atoms with Gasteiger partial charge in [0.05, 0.1) is 0 Å². The SMILES string of the molecule is Cc1cc(C)cc(Nc2nc(C)cc(=O)n2CC(=O)Nc2cccc(Cl)c2)c1. The molecular weight excluding hydrogens is 376 g/mol. The summed E-state index contributed by atoms with van der Waals surface area (Å²) in [4.78, 5) is 29.4. The van der Waals surface area contributed by atoms with Crippen LogP contribution in [0.15, 0.2) is 53.3 Å². The fourth-order valence-corrected chi connectivity index (χ4v) is 3.15. The van der Waals surface area contributed by atoms with Gasteiger partial charge in [0, 0.05) is 28.2 Å². The van der Waals surface area contributed by atoms with Crippen molar-refractivity contribution in [3.8, 4) is 0 Å². The number of rotatable bonds is 5. The number of hydrogen-bond donors (Lipinski definition) is 2. The topological polar surface area (TPSA) is 76.0 Å². The molecule has 144 valence electrons. The summed E-state index contributed by atoms with van der Waals surface area (Å²) in [7, 11) is 0. The van der Waals surface area contributed by atoms with Gasteiger partial charge in [-0.2, -0.15) is 0 Å². The second kappa shape index (κ2) is 8.27. The number of hydrogen-bond acceptors (Lipinski definition) is 4. The molecular formula is C21H21ClN4O2. The lowest BCUT2D eigenvalue weighted by Gasteiger charge is -2.15. The Morgan fingerprint density at radius 2 is 1.75 bits per heavy atom. The van der Waals surface area contributed by atoms with Gasteiger partial charge >= 0.3 is 0 Å². The third-order valence-electron chi connectivity index (χ3n) is 4.02. The minimum absolute atomic E-state index is 0.175. The van der Waals surface area contributed by atoms with Gasteiger partial charge in [-0.25, -0.2) is 4.98 Å². The summed E-state index contributed by atoms with van der Waals surface area (Å²) >= 11 is 5.95. The highest BCUT2D eigenvalue weighted by molar-refractivity contribution is 6.30. The maximum atomic E-state index is 12.5. The summed E-state index contributed by atoms with van der Waals surface area (Å²) in [5, 5.41) is 6.43. The van der Waals surface area contributed by atoms with Crippen molar-refractivity contribution in [2.75, 3.05) is 10.6 Å². The molecule has 0 spiro atoms. The van der Waals surface area contributed by atoms with Crippen LogP contribution >= 0.6 is 11.6 Å². The Hall–Kier alpha value is -3.12. The van der Waals surface area contributed by atoms with Crippen LogP contribution in [0.4, 0.5) is 17.3 Å². The molecule has 0 radical (unpaired) electrons. The van der Waals surface area contributed by atoms with Crippen LogP contribution in [-0.2, 0) is 11.3 Å². The summed E-state index contributed by atoms with van der Waals surface area (Å²) in [5.74, 6) is -0.0327.